The molecule has 1 saturated heterocycles. The summed E-state index contributed by atoms with van der Waals surface area (Å²) in [6.45, 7) is 0.648. The number of nitrogens with zero attached hydrogens (tertiary/aromatic N) is 7. The van der Waals surface area contributed by atoms with E-state index in [0.29, 0.717) is 42.0 Å². The number of halogens is 4. The Balaban J connectivity index is 1.36. The molecule has 16 heteroatoms. The Morgan fingerprint density at radius 2 is 2.00 bits per heavy atom. The van der Waals surface area contributed by atoms with Crippen molar-refractivity contribution in [2.45, 2.75) is 25.1 Å². The van der Waals surface area contributed by atoms with Crippen molar-refractivity contribution in [3.8, 4) is 11.5 Å². The van der Waals surface area contributed by atoms with Gasteiger partial charge in [0.2, 0.25) is 5.95 Å². The highest BCUT2D eigenvalue weighted by atomic mass is 35.5. The lowest BCUT2D eigenvalue weighted by Crippen LogP contribution is -2.32. The Bertz CT molecular complexity index is 1830. The van der Waals surface area contributed by atoms with E-state index in [1.54, 1.807) is 31.0 Å². The van der Waals surface area contributed by atoms with Crippen LogP contribution in [0.2, 0.25) is 5.02 Å². The number of hydrogen-bond acceptors (Lipinski definition) is 9. The summed E-state index contributed by atoms with van der Waals surface area (Å²) in [4.78, 5) is 26.2. The fourth-order valence-corrected chi connectivity index (χ4v) is 4.96. The number of ether oxygens (including phenoxy) is 2. The Morgan fingerprint density at radius 3 is 2.73 bits per heavy atom. The van der Waals surface area contributed by atoms with Crippen LogP contribution < -0.4 is 20.9 Å². The summed E-state index contributed by atoms with van der Waals surface area (Å²) in [5.41, 5.74) is -0.785. The topological polar surface area (TPSA) is 125 Å². The number of anilines is 3. The molecule has 1 atom stereocenters. The molecular weight excluding hydrogens is 567 g/mol. The number of imidazole rings is 1. The van der Waals surface area contributed by atoms with Gasteiger partial charge in [0, 0.05) is 26.9 Å². The van der Waals surface area contributed by atoms with Crippen molar-refractivity contribution in [2.24, 2.45) is 7.05 Å². The first-order chi connectivity index (χ1) is 19.6. The van der Waals surface area contributed by atoms with Crippen molar-refractivity contribution in [3.63, 3.8) is 0 Å². The van der Waals surface area contributed by atoms with E-state index in [1.165, 1.54) is 17.0 Å². The van der Waals surface area contributed by atoms with Gasteiger partial charge in [-0.1, -0.05) is 11.6 Å². The van der Waals surface area contributed by atoms with Gasteiger partial charge in [-0.2, -0.15) is 23.3 Å². The van der Waals surface area contributed by atoms with Gasteiger partial charge >= 0.3 is 6.18 Å². The summed E-state index contributed by atoms with van der Waals surface area (Å²) in [5, 5.41) is 10.1. The van der Waals surface area contributed by atoms with E-state index in [9.17, 15) is 18.0 Å². The third kappa shape index (κ3) is 4.91. The predicted molar refractivity (Wildman–Crippen MR) is 144 cm³/mol. The molecule has 1 fully saturated rings. The van der Waals surface area contributed by atoms with Crippen molar-refractivity contribution >= 4 is 45.7 Å². The van der Waals surface area contributed by atoms with Crippen LogP contribution in [0.3, 0.4) is 0 Å². The van der Waals surface area contributed by atoms with Crippen LogP contribution in [-0.4, -0.2) is 54.0 Å². The largest absolute Gasteiger partial charge is 0.450 e. The number of alkyl halides is 3. The van der Waals surface area contributed by atoms with Crippen molar-refractivity contribution < 1.29 is 22.6 Å². The first-order valence-corrected chi connectivity index (χ1v) is 12.9. The highest BCUT2D eigenvalue weighted by Gasteiger charge is 2.33. The number of fused-ring (bicyclic) bond motifs is 2. The minimum Gasteiger partial charge on any atom is -0.450 e. The number of pyridine rings is 2. The van der Waals surface area contributed by atoms with Crippen LogP contribution in [0.25, 0.3) is 16.7 Å². The van der Waals surface area contributed by atoms with E-state index in [4.69, 9.17) is 21.1 Å². The molecule has 6 rings (SSSR count). The molecule has 5 aromatic rings. The summed E-state index contributed by atoms with van der Waals surface area (Å²) in [5.74, 6) is 1.25. The lowest BCUT2D eigenvalue weighted by molar-refractivity contribution is -0.138. The van der Waals surface area contributed by atoms with E-state index in [1.807, 2.05) is 0 Å². The van der Waals surface area contributed by atoms with E-state index in [-0.39, 0.29) is 34.7 Å². The molecule has 1 aliphatic heterocycles. The SMILES string of the molecule is CNc1cn2ncc(Oc3cnc4nc(Nc5cc(C(F)(F)F)cn([C@H]6CCCOC6)c5=O)n(C)c4c3Cl)c2cn1. The maximum Gasteiger partial charge on any atom is 0.417 e. The molecule has 0 unspecified atom stereocenters. The highest BCUT2D eigenvalue weighted by Crippen LogP contribution is 2.37. The molecule has 2 N–H and O–H groups in total. The van der Waals surface area contributed by atoms with Gasteiger partial charge in [-0.25, -0.2) is 14.5 Å². The van der Waals surface area contributed by atoms with Crippen LogP contribution in [0.15, 0.2) is 41.8 Å². The Kier molecular flexibility index (Phi) is 6.69. The summed E-state index contributed by atoms with van der Waals surface area (Å²) in [6.07, 6.45) is 3.47. The Morgan fingerprint density at radius 1 is 1.17 bits per heavy atom. The molecule has 214 valence electrons. The van der Waals surface area contributed by atoms with Crippen molar-refractivity contribution in [3.05, 3.63) is 58.0 Å². The van der Waals surface area contributed by atoms with Crippen LogP contribution >= 0.6 is 11.6 Å². The van der Waals surface area contributed by atoms with E-state index in [0.717, 1.165) is 16.8 Å². The highest BCUT2D eigenvalue weighted by molar-refractivity contribution is 6.36. The summed E-state index contributed by atoms with van der Waals surface area (Å²) in [6, 6.07) is 0.250. The van der Waals surface area contributed by atoms with Gasteiger partial charge in [0.1, 0.15) is 27.6 Å². The Labute approximate surface area is 234 Å². The zero-order chi connectivity index (χ0) is 28.9. The Hall–Kier alpha value is -4.37. The summed E-state index contributed by atoms with van der Waals surface area (Å²) >= 11 is 6.69. The van der Waals surface area contributed by atoms with Crippen LogP contribution in [-0.2, 0) is 18.0 Å². The fraction of sp³-hybridized carbons (Fsp3) is 0.320. The number of hydrogen-bond donors (Lipinski definition) is 2. The zero-order valence-electron chi connectivity index (χ0n) is 21.7. The van der Waals surface area contributed by atoms with Crippen molar-refractivity contribution in [1.82, 2.24) is 33.7 Å². The maximum absolute atomic E-state index is 13.8. The smallest absolute Gasteiger partial charge is 0.417 e. The van der Waals surface area contributed by atoms with Gasteiger partial charge in [0.25, 0.3) is 5.56 Å². The zero-order valence-corrected chi connectivity index (χ0v) is 22.5. The summed E-state index contributed by atoms with van der Waals surface area (Å²) in [7, 11) is 3.33. The molecule has 0 amide bonds. The molecular formula is C25H23ClF3N9O3. The van der Waals surface area contributed by atoms with Crippen molar-refractivity contribution in [2.75, 3.05) is 30.9 Å². The monoisotopic (exact) mass is 589 g/mol. The molecule has 12 nitrogen and oxygen atoms in total. The van der Waals surface area contributed by atoms with Crippen molar-refractivity contribution in [1.29, 1.82) is 0 Å². The molecule has 1 aliphatic rings. The van der Waals surface area contributed by atoms with E-state index < -0.39 is 23.3 Å². The molecule has 0 aromatic carbocycles. The maximum atomic E-state index is 13.8. The second-order valence-electron chi connectivity index (χ2n) is 9.41. The second kappa shape index (κ2) is 10.2. The normalized spacial score (nSPS) is 15.9. The van der Waals surface area contributed by atoms with Gasteiger partial charge < -0.3 is 29.2 Å². The first kappa shape index (κ1) is 26.8. The third-order valence-corrected chi connectivity index (χ3v) is 7.16. The first-order valence-electron chi connectivity index (χ1n) is 12.5. The molecule has 5 aromatic heterocycles. The quantitative estimate of drug-likeness (QED) is 0.288. The van der Waals surface area contributed by atoms with Gasteiger partial charge in [-0.05, 0) is 18.9 Å². The number of aromatic nitrogens is 7. The predicted octanol–water partition coefficient (Wildman–Crippen LogP) is 4.77. The minimum atomic E-state index is -4.67. The average Bonchev–Trinajstić information content (AvgIpc) is 3.51. The number of aryl methyl sites for hydroxylation is 1. The van der Waals surface area contributed by atoms with Crippen LogP contribution in [0.4, 0.5) is 30.6 Å². The molecule has 0 radical (unpaired) electrons. The number of rotatable bonds is 6. The average molecular weight is 590 g/mol. The van der Waals surface area contributed by atoms with Crippen LogP contribution in [0.1, 0.15) is 24.4 Å². The lowest BCUT2D eigenvalue weighted by Gasteiger charge is -2.25. The van der Waals surface area contributed by atoms with Gasteiger partial charge in [0.15, 0.2) is 17.1 Å². The van der Waals surface area contributed by atoms with Gasteiger partial charge in [-0.15, -0.1) is 0 Å². The molecule has 6 heterocycles. The van der Waals surface area contributed by atoms with Gasteiger partial charge in [-0.3, -0.25) is 4.79 Å². The molecule has 0 bridgehead atoms. The lowest BCUT2D eigenvalue weighted by atomic mass is 10.1. The second-order valence-corrected chi connectivity index (χ2v) is 9.79. The van der Waals surface area contributed by atoms with E-state index >= 15 is 0 Å². The molecule has 0 saturated carbocycles. The number of nitrogens with one attached hydrogen (secondary N) is 2. The summed E-state index contributed by atoms with van der Waals surface area (Å²) < 4.78 is 56.9. The van der Waals surface area contributed by atoms with E-state index in [2.05, 4.69) is 30.7 Å². The fourth-order valence-electron chi connectivity index (χ4n) is 4.66. The van der Waals surface area contributed by atoms with Gasteiger partial charge in [0.05, 0.1) is 43.0 Å². The standard InChI is InChI=1S/C25H23ClF3N9O3/c1-30-19-11-38-16(7-31-19)17(9-33-38)41-18-8-32-22-21(20(18)26)36(2)24(35-22)34-15-6-13(25(27,28)29)10-37(23(15)39)14-4-3-5-40-12-14/h6-11,14,30H,3-5,12H2,1-2H3,(H,32,34,35)/t14-/m0/s1. The molecule has 0 spiro atoms. The minimum absolute atomic E-state index is 0.0641. The van der Waals surface area contributed by atoms with Crippen LogP contribution in [0.5, 0.6) is 11.5 Å². The molecule has 0 aliphatic carbocycles. The third-order valence-electron chi connectivity index (χ3n) is 6.80. The molecule has 41 heavy (non-hydrogen) atoms. The van der Waals surface area contributed by atoms with Crippen LogP contribution in [0, 0.1) is 0 Å².